The van der Waals surface area contributed by atoms with Gasteiger partial charge in [0.05, 0.1) is 11.0 Å². The van der Waals surface area contributed by atoms with Gasteiger partial charge in [0.1, 0.15) is 0 Å². The Labute approximate surface area is 118 Å². The van der Waals surface area contributed by atoms with E-state index in [1.807, 2.05) is 0 Å². The molecule has 7 heteroatoms. The maximum Gasteiger partial charge on any atom is 0.243 e. The summed E-state index contributed by atoms with van der Waals surface area (Å²) < 4.78 is 26.2. The van der Waals surface area contributed by atoms with Crippen LogP contribution in [0.15, 0.2) is 29.2 Å². The van der Waals surface area contributed by atoms with Gasteiger partial charge in [-0.25, -0.2) is 8.42 Å². The summed E-state index contributed by atoms with van der Waals surface area (Å²) in [5.41, 5.74) is 5.75. The molecule has 0 spiro atoms. The first kappa shape index (κ1) is 14.7. The maximum absolute atomic E-state index is 12.4. The van der Waals surface area contributed by atoms with Crippen LogP contribution in [0.2, 0.25) is 5.02 Å². The van der Waals surface area contributed by atoms with Crippen molar-refractivity contribution < 1.29 is 13.5 Å². The first-order valence-corrected chi connectivity index (χ1v) is 7.92. The molecule has 1 fully saturated rings. The number of halogens is 1. The molecular formula is C12H17ClN2O3S. The number of aliphatic hydroxyl groups is 1. The minimum Gasteiger partial charge on any atom is -0.390 e. The molecule has 0 amide bonds. The highest BCUT2D eigenvalue weighted by atomic mass is 35.5. The first-order valence-electron chi connectivity index (χ1n) is 6.10. The van der Waals surface area contributed by atoms with Crippen LogP contribution in [0.1, 0.15) is 12.8 Å². The molecule has 0 saturated carbocycles. The van der Waals surface area contributed by atoms with Crippen molar-refractivity contribution >= 4 is 21.6 Å². The van der Waals surface area contributed by atoms with Gasteiger partial charge in [0.25, 0.3) is 0 Å². The molecule has 106 valence electrons. The molecule has 3 N–H and O–H groups in total. The highest BCUT2D eigenvalue weighted by Gasteiger charge is 2.30. The smallest absolute Gasteiger partial charge is 0.243 e. The molecular weight excluding hydrogens is 288 g/mol. The predicted octanol–water partition coefficient (Wildman–Crippen LogP) is 0.813. The SMILES string of the molecule is NC1CCCN(S(=O)(=O)c2ccc(Cl)cc2)CC1O. The Morgan fingerprint density at radius 2 is 1.95 bits per heavy atom. The van der Waals surface area contributed by atoms with Gasteiger partial charge in [-0.15, -0.1) is 0 Å². The molecule has 0 aliphatic carbocycles. The lowest BCUT2D eigenvalue weighted by atomic mass is 10.1. The van der Waals surface area contributed by atoms with Crippen molar-refractivity contribution in [3.05, 3.63) is 29.3 Å². The van der Waals surface area contributed by atoms with Crippen LogP contribution in [0, 0.1) is 0 Å². The monoisotopic (exact) mass is 304 g/mol. The third kappa shape index (κ3) is 3.27. The molecule has 0 bridgehead atoms. The van der Waals surface area contributed by atoms with Crippen LogP contribution in [-0.2, 0) is 10.0 Å². The lowest BCUT2D eigenvalue weighted by Gasteiger charge is -2.22. The van der Waals surface area contributed by atoms with E-state index in [-0.39, 0.29) is 17.5 Å². The second-order valence-electron chi connectivity index (χ2n) is 4.69. The van der Waals surface area contributed by atoms with Gasteiger partial charge in [0, 0.05) is 24.2 Å². The summed E-state index contributed by atoms with van der Waals surface area (Å²) in [7, 11) is -3.60. The van der Waals surface area contributed by atoms with Gasteiger partial charge in [0.15, 0.2) is 0 Å². The number of nitrogens with two attached hydrogens (primary N) is 1. The van der Waals surface area contributed by atoms with Crippen molar-refractivity contribution in [2.24, 2.45) is 5.73 Å². The van der Waals surface area contributed by atoms with E-state index >= 15 is 0 Å². The van der Waals surface area contributed by atoms with Crippen LogP contribution in [0.5, 0.6) is 0 Å². The van der Waals surface area contributed by atoms with Crippen molar-refractivity contribution in [1.29, 1.82) is 0 Å². The number of sulfonamides is 1. The molecule has 1 saturated heterocycles. The van der Waals surface area contributed by atoms with Crippen LogP contribution in [0.25, 0.3) is 0 Å². The molecule has 1 heterocycles. The fraction of sp³-hybridized carbons (Fsp3) is 0.500. The van der Waals surface area contributed by atoms with Gasteiger partial charge in [0.2, 0.25) is 10.0 Å². The number of aliphatic hydroxyl groups excluding tert-OH is 1. The van der Waals surface area contributed by atoms with Crippen LogP contribution < -0.4 is 5.73 Å². The Bertz CT molecular complexity index is 532. The van der Waals surface area contributed by atoms with E-state index in [1.54, 1.807) is 0 Å². The van der Waals surface area contributed by atoms with Crippen LogP contribution in [0.3, 0.4) is 0 Å². The zero-order chi connectivity index (χ0) is 14.0. The Balaban J connectivity index is 2.26. The van der Waals surface area contributed by atoms with E-state index in [2.05, 4.69) is 0 Å². The summed E-state index contributed by atoms with van der Waals surface area (Å²) in [5, 5.41) is 10.3. The van der Waals surface area contributed by atoms with E-state index in [1.165, 1.54) is 28.6 Å². The number of benzene rings is 1. The van der Waals surface area contributed by atoms with Crippen molar-refractivity contribution in [3.63, 3.8) is 0 Å². The molecule has 19 heavy (non-hydrogen) atoms. The standard InChI is InChI=1S/C12H17ClN2O3S/c13-9-3-5-10(6-4-9)19(17,18)15-7-1-2-11(14)12(16)8-15/h3-6,11-12,16H,1-2,7-8,14H2. The summed E-state index contributed by atoms with van der Waals surface area (Å²) in [4.78, 5) is 0.180. The third-order valence-corrected chi connectivity index (χ3v) is 5.41. The molecule has 5 nitrogen and oxygen atoms in total. The quantitative estimate of drug-likeness (QED) is 0.847. The average molecular weight is 305 g/mol. The Morgan fingerprint density at radius 3 is 2.58 bits per heavy atom. The molecule has 1 aromatic carbocycles. The van der Waals surface area contributed by atoms with Gasteiger partial charge in [-0.3, -0.25) is 0 Å². The zero-order valence-electron chi connectivity index (χ0n) is 10.4. The number of nitrogens with zero attached hydrogens (tertiary/aromatic N) is 1. The lowest BCUT2D eigenvalue weighted by molar-refractivity contribution is 0.130. The van der Waals surface area contributed by atoms with E-state index in [0.29, 0.717) is 24.4 Å². The fourth-order valence-electron chi connectivity index (χ4n) is 2.10. The predicted molar refractivity (Wildman–Crippen MR) is 73.4 cm³/mol. The van der Waals surface area contributed by atoms with E-state index < -0.39 is 16.1 Å². The van der Waals surface area contributed by atoms with E-state index in [9.17, 15) is 13.5 Å². The maximum atomic E-state index is 12.4. The highest BCUT2D eigenvalue weighted by molar-refractivity contribution is 7.89. The summed E-state index contributed by atoms with van der Waals surface area (Å²) >= 11 is 5.75. The molecule has 0 radical (unpaired) electrons. The minimum absolute atomic E-state index is 0.0339. The van der Waals surface area contributed by atoms with Crippen LogP contribution >= 0.6 is 11.6 Å². The fourth-order valence-corrected chi connectivity index (χ4v) is 3.73. The largest absolute Gasteiger partial charge is 0.390 e. The van der Waals surface area contributed by atoms with Crippen molar-refractivity contribution in [2.45, 2.75) is 29.9 Å². The van der Waals surface area contributed by atoms with Gasteiger partial charge >= 0.3 is 0 Å². The summed E-state index contributed by atoms with van der Waals surface area (Å²) in [6.07, 6.45) is 0.434. The van der Waals surface area contributed by atoms with Crippen LogP contribution in [-0.4, -0.2) is 43.1 Å². The Kier molecular flexibility index (Phi) is 4.47. The van der Waals surface area contributed by atoms with Gasteiger partial charge in [-0.1, -0.05) is 11.6 Å². The summed E-state index contributed by atoms with van der Waals surface area (Å²) in [6, 6.07) is 5.64. The molecule has 2 atom stereocenters. The number of hydrogen-bond acceptors (Lipinski definition) is 4. The normalized spacial score (nSPS) is 26.1. The summed E-state index contributed by atoms with van der Waals surface area (Å²) in [6.45, 7) is 0.405. The van der Waals surface area contributed by atoms with Gasteiger partial charge in [-0.2, -0.15) is 4.31 Å². The van der Waals surface area contributed by atoms with Gasteiger partial charge in [-0.05, 0) is 37.1 Å². The van der Waals surface area contributed by atoms with Crippen molar-refractivity contribution in [1.82, 2.24) is 4.31 Å². The molecule has 0 aromatic heterocycles. The zero-order valence-corrected chi connectivity index (χ0v) is 11.9. The molecule has 2 rings (SSSR count). The van der Waals surface area contributed by atoms with E-state index in [4.69, 9.17) is 17.3 Å². The Hall–Kier alpha value is -0.660. The molecule has 1 aromatic rings. The van der Waals surface area contributed by atoms with E-state index in [0.717, 1.165) is 0 Å². The first-order chi connectivity index (χ1) is 8.91. The number of rotatable bonds is 2. The number of β-amino-alcohol motifs (C(OH)–C–C–N with tert-alkyl or cyclic N) is 1. The number of hydrogen-bond donors (Lipinski definition) is 2. The van der Waals surface area contributed by atoms with Crippen molar-refractivity contribution in [2.75, 3.05) is 13.1 Å². The minimum atomic E-state index is -3.60. The Morgan fingerprint density at radius 1 is 1.32 bits per heavy atom. The molecule has 2 unspecified atom stereocenters. The summed E-state index contributed by atoms with van der Waals surface area (Å²) in [5.74, 6) is 0. The van der Waals surface area contributed by atoms with Gasteiger partial charge < -0.3 is 10.8 Å². The molecule has 1 aliphatic heterocycles. The second-order valence-corrected chi connectivity index (χ2v) is 7.06. The molecule has 1 aliphatic rings. The highest BCUT2D eigenvalue weighted by Crippen LogP contribution is 2.21. The third-order valence-electron chi connectivity index (χ3n) is 3.28. The second kappa shape index (κ2) is 5.76. The topological polar surface area (TPSA) is 83.6 Å². The van der Waals surface area contributed by atoms with Crippen molar-refractivity contribution in [3.8, 4) is 0 Å². The average Bonchev–Trinajstić information content (AvgIpc) is 2.53. The van der Waals surface area contributed by atoms with Crippen LogP contribution in [0.4, 0.5) is 0 Å². The lowest BCUT2D eigenvalue weighted by Crippen LogP contribution is -2.42.